The van der Waals surface area contributed by atoms with Gasteiger partial charge in [-0.15, -0.1) is 0 Å². The molecule has 1 saturated heterocycles. The molecule has 1 heterocycles. The van der Waals surface area contributed by atoms with Gasteiger partial charge in [-0.1, -0.05) is 11.8 Å². The van der Waals surface area contributed by atoms with Crippen molar-refractivity contribution in [3.63, 3.8) is 0 Å². The van der Waals surface area contributed by atoms with Crippen LogP contribution in [0.1, 0.15) is 20.8 Å². The summed E-state index contributed by atoms with van der Waals surface area (Å²) in [4.78, 5) is 24.2. The van der Waals surface area contributed by atoms with E-state index >= 15 is 0 Å². The molecule has 1 N–H and O–H groups in total. The van der Waals surface area contributed by atoms with Gasteiger partial charge in [-0.05, 0) is 20.8 Å². The largest absolute Gasteiger partial charge is 0.350 e. The van der Waals surface area contributed by atoms with Crippen LogP contribution in [0.15, 0.2) is 0 Å². The van der Waals surface area contributed by atoms with Crippen LogP contribution in [-0.2, 0) is 4.79 Å². The average Bonchev–Trinajstić information content (AvgIpc) is 2.32. The second-order valence-corrected chi connectivity index (χ2v) is 5.38. The van der Waals surface area contributed by atoms with Crippen LogP contribution < -0.4 is 5.32 Å². The molecule has 0 aromatic carbocycles. The zero-order valence-electron chi connectivity index (χ0n) is 8.79. The molecule has 0 radical (unpaired) electrons. The molecule has 0 unspecified atom stereocenters. The van der Waals surface area contributed by atoms with Crippen molar-refractivity contribution < 1.29 is 9.59 Å². The maximum Gasteiger partial charge on any atom is 0.282 e. The molecular formula is C9H16N2O2S. The molecule has 0 aromatic heterocycles. The molecule has 14 heavy (non-hydrogen) atoms. The van der Waals surface area contributed by atoms with Crippen molar-refractivity contribution in [3.05, 3.63) is 0 Å². The number of hydrogen-bond acceptors (Lipinski definition) is 3. The summed E-state index contributed by atoms with van der Waals surface area (Å²) in [7, 11) is 0. The summed E-state index contributed by atoms with van der Waals surface area (Å²) in [6.45, 7) is 6.63. The van der Waals surface area contributed by atoms with E-state index < -0.39 is 0 Å². The van der Waals surface area contributed by atoms with E-state index in [-0.39, 0.29) is 23.2 Å². The van der Waals surface area contributed by atoms with Crippen molar-refractivity contribution in [2.24, 2.45) is 0 Å². The fourth-order valence-corrected chi connectivity index (χ4v) is 2.03. The Bertz CT molecular complexity index is 248. The van der Waals surface area contributed by atoms with Gasteiger partial charge >= 0.3 is 0 Å². The van der Waals surface area contributed by atoms with Crippen LogP contribution in [0, 0.1) is 0 Å². The summed E-state index contributed by atoms with van der Waals surface area (Å²) in [5.41, 5.74) is -0.229. The number of hydrogen-bond donors (Lipinski definition) is 1. The van der Waals surface area contributed by atoms with E-state index in [1.807, 2.05) is 20.8 Å². The molecule has 0 saturated carbocycles. The topological polar surface area (TPSA) is 49.4 Å². The zero-order valence-corrected chi connectivity index (χ0v) is 9.61. The van der Waals surface area contributed by atoms with Crippen LogP contribution >= 0.6 is 11.8 Å². The minimum absolute atomic E-state index is 0.00839. The highest BCUT2D eigenvalue weighted by Crippen LogP contribution is 2.16. The Morgan fingerprint density at radius 1 is 1.57 bits per heavy atom. The Morgan fingerprint density at radius 3 is 2.64 bits per heavy atom. The van der Waals surface area contributed by atoms with Crippen LogP contribution in [0.3, 0.4) is 0 Å². The third-order valence-electron chi connectivity index (χ3n) is 1.69. The second kappa shape index (κ2) is 4.21. The maximum absolute atomic E-state index is 11.4. The summed E-state index contributed by atoms with van der Waals surface area (Å²) >= 11 is 1.27. The van der Waals surface area contributed by atoms with Crippen molar-refractivity contribution in [2.45, 2.75) is 26.3 Å². The molecule has 4 nitrogen and oxygen atoms in total. The van der Waals surface area contributed by atoms with Gasteiger partial charge in [-0.25, -0.2) is 0 Å². The Labute approximate surface area is 88.4 Å². The first kappa shape index (κ1) is 11.4. The van der Waals surface area contributed by atoms with E-state index in [4.69, 9.17) is 0 Å². The minimum atomic E-state index is -0.229. The third kappa shape index (κ3) is 3.57. The Hall–Kier alpha value is -0.710. The van der Waals surface area contributed by atoms with E-state index in [2.05, 4.69) is 5.32 Å². The maximum atomic E-state index is 11.4. The molecule has 0 bridgehead atoms. The van der Waals surface area contributed by atoms with Gasteiger partial charge in [0.25, 0.3) is 5.24 Å². The van der Waals surface area contributed by atoms with E-state index in [1.165, 1.54) is 11.8 Å². The highest BCUT2D eigenvalue weighted by molar-refractivity contribution is 8.13. The predicted octanol–water partition coefficient (Wildman–Crippen LogP) is 1.07. The van der Waals surface area contributed by atoms with E-state index in [0.29, 0.717) is 6.54 Å². The first-order valence-electron chi connectivity index (χ1n) is 4.61. The van der Waals surface area contributed by atoms with Gasteiger partial charge in [0.15, 0.2) is 0 Å². The lowest BCUT2D eigenvalue weighted by molar-refractivity contribution is -0.122. The third-order valence-corrected chi connectivity index (χ3v) is 2.59. The van der Waals surface area contributed by atoms with Crippen molar-refractivity contribution in [1.29, 1.82) is 0 Å². The molecule has 2 amide bonds. The van der Waals surface area contributed by atoms with Crippen molar-refractivity contribution >= 4 is 22.9 Å². The molecule has 0 aromatic rings. The summed E-state index contributed by atoms with van der Waals surface area (Å²) in [6, 6.07) is 0. The van der Waals surface area contributed by atoms with Crippen LogP contribution in [0.4, 0.5) is 4.79 Å². The van der Waals surface area contributed by atoms with E-state index in [1.54, 1.807) is 4.90 Å². The number of nitrogens with zero attached hydrogens (tertiary/aromatic N) is 1. The minimum Gasteiger partial charge on any atom is -0.350 e. The second-order valence-electron chi connectivity index (χ2n) is 4.33. The van der Waals surface area contributed by atoms with Gasteiger partial charge in [0, 0.05) is 17.8 Å². The molecule has 1 fully saturated rings. The quantitative estimate of drug-likeness (QED) is 0.751. The van der Waals surface area contributed by atoms with Gasteiger partial charge in [0.05, 0.1) is 0 Å². The number of carbonyl (C=O) groups is 2. The number of carbonyl (C=O) groups excluding carboxylic acids is 2. The Balaban J connectivity index is 2.37. The first-order chi connectivity index (χ1) is 6.38. The fourth-order valence-electron chi connectivity index (χ4n) is 1.20. The molecule has 1 aliphatic rings. The summed E-state index contributed by atoms with van der Waals surface area (Å²) in [6.07, 6.45) is 0. The van der Waals surface area contributed by atoms with E-state index in [0.717, 1.165) is 5.75 Å². The number of amides is 2. The molecule has 1 rings (SSSR count). The Kier molecular flexibility index (Phi) is 3.42. The van der Waals surface area contributed by atoms with Crippen molar-refractivity contribution in [3.8, 4) is 0 Å². The molecule has 0 aliphatic carbocycles. The SMILES string of the molecule is CC(C)(C)NC(=O)CN1CCSC1=O. The monoisotopic (exact) mass is 216 g/mol. The van der Waals surface area contributed by atoms with Gasteiger partial charge in [0.1, 0.15) is 6.54 Å². The smallest absolute Gasteiger partial charge is 0.282 e. The standard InChI is InChI=1S/C9H16N2O2S/c1-9(2,3)10-7(12)6-11-4-5-14-8(11)13/h4-6H2,1-3H3,(H,10,12). The van der Waals surface area contributed by atoms with Crippen LogP contribution in [0.5, 0.6) is 0 Å². The number of nitrogens with one attached hydrogen (secondary N) is 1. The van der Waals surface area contributed by atoms with Gasteiger partial charge < -0.3 is 10.2 Å². The first-order valence-corrected chi connectivity index (χ1v) is 5.60. The zero-order chi connectivity index (χ0) is 10.8. The van der Waals surface area contributed by atoms with Crippen molar-refractivity contribution in [1.82, 2.24) is 10.2 Å². The summed E-state index contributed by atoms with van der Waals surface area (Å²) < 4.78 is 0. The normalized spacial score (nSPS) is 17.4. The molecule has 5 heteroatoms. The lowest BCUT2D eigenvalue weighted by Crippen LogP contribution is -2.46. The molecule has 1 aliphatic heterocycles. The van der Waals surface area contributed by atoms with Gasteiger partial charge in [-0.2, -0.15) is 0 Å². The molecular weight excluding hydrogens is 200 g/mol. The van der Waals surface area contributed by atoms with Crippen molar-refractivity contribution in [2.75, 3.05) is 18.8 Å². The highest BCUT2D eigenvalue weighted by Gasteiger charge is 2.24. The predicted molar refractivity (Wildman–Crippen MR) is 57.3 cm³/mol. The summed E-state index contributed by atoms with van der Waals surface area (Å²) in [5.74, 6) is 0.704. The number of rotatable bonds is 2. The summed E-state index contributed by atoms with van der Waals surface area (Å²) in [5, 5.41) is 2.83. The highest BCUT2D eigenvalue weighted by atomic mass is 32.2. The van der Waals surface area contributed by atoms with Gasteiger partial charge in [-0.3, -0.25) is 9.59 Å². The fraction of sp³-hybridized carbons (Fsp3) is 0.778. The molecule has 0 atom stereocenters. The van der Waals surface area contributed by atoms with Crippen LogP contribution in [0.2, 0.25) is 0 Å². The lowest BCUT2D eigenvalue weighted by Gasteiger charge is -2.22. The molecule has 0 spiro atoms. The van der Waals surface area contributed by atoms with Gasteiger partial charge in [0.2, 0.25) is 5.91 Å². The Morgan fingerprint density at radius 2 is 2.21 bits per heavy atom. The number of thioether (sulfide) groups is 1. The van der Waals surface area contributed by atoms with Crippen LogP contribution in [-0.4, -0.2) is 40.4 Å². The lowest BCUT2D eigenvalue weighted by atomic mass is 10.1. The van der Waals surface area contributed by atoms with E-state index in [9.17, 15) is 9.59 Å². The van der Waals surface area contributed by atoms with Crippen LogP contribution in [0.25, 0.3) is 0 Å². The average molecular weight is 216 g/mol. The molecule has 80 valence electrons.